The average Bonchev–Trinajstić information content (AvgIpc) is 2.88. The highest BCUT2D eigenvalue weighted by atomic mass is 28.4. The molecule has 0 heterocycles. The summed E-state index contributed by atoms with van der Waals surface area (Å²) in [5.74, 6) is 3.42. The lowest BCUT2D eigenvalue weighted by atomic mass is 9.78. The SMILES string of the molecule is COc1ccc(-c2ccc(O[Si](C)(C)Oc3ccc(C(C)(C)c4ccc(O[Si](C)(C)C)cc4)cc3)cc2)cc1. The Balaban J connectivity index is 1.40. The third-order valence-corrected chi connectivity index (χ3v) is 8.88. The molecule has 0 aliphatic carbocycles. The first-order valence-corrected chi connectivity index (χ1v) is 19.6. The van der Waals surface area contributed by atoms with Crippen LogP contribution >= 0.6 is 0 Å². The van der Waals surface area contributed by atoms with Gasteiger partial charge >= 0.3 is 8.56 Å². The summed E-state index contributed by atoms with van der Waals surface area (Å²) in [6.07, 6.45) is 0. The van der Waals surface area contributed by atoms with Crippen LogP contribution in [0, 0.1) is 0 Å². The maximum atomic E-state index is 6.37. The summed E-state index contributed by atoms with van der Waals surface area (Å²) < 4.78 is 24.1. The predicted molar refractivity (Wildman–Crippen MR) is 166 cm³/mol. The molecule has 0 aliphatic heterocycles. The quantitative estimate of drug-likeness (QED) is 0.183. The van der Waals surface area contributed by atoms with E-state index in [1.165, 1.54) is 11.1 Å². The molecule has 39 heavy (non-hydrogen) atoms. The smallest absolute Gasteiger partial charge is 0.454 e. The van der Waals surface area contributed by atoms with Crippen LogP contribution in [0.1, 0.15) is 25.0 Å². The molecule has 6 heteroatoms. The van der Waals surface area contributed by atoms with E-state index in [2.05, 4.69) is 107 Å². The summed E-state index contributed by atoms with van der Waals surface area (Å²) in [7, 11) is -2.42. The number of hydrogen-bond acceptors (Lipinski definition) is 4. The minimum absolute atomic E-state index is 0.148. The van der Waals surface area contributed by atoms with Gasteiger partial charge in [-0.15, -0.1) is 0 Å². The van der Waals surface area contributed by atoms with Gasteiger partial charge < -0.3 is 18.0 Å². The molecule has 204 valence electrons. The first kappa shape index (κ1) is 28.5. The van der Waals surface area contributed by atoms with E-state index in [0.717, 1.165) is 34.1 Å². The monoisotopic (exact) mass is 556 g/mol. The molecule has 4 aromatic carbocycles. The Bertz CT molecular complexity index is 1350. The van der Waals surface area contributed by atoms with Gasteiger partial charge in [-0.3, -0.25) is 0 Å². The molecule has 0 saturated carbocycles. The lowest BCUT2D eigenvalue weighted by Crippen LogP contribution is -2.41. The van der Waals surface area contributed by atoms with Crippen LogP contribution in [-0.2, 0) is 5.41 Å². The van der Waals surface area contributed by atoms with Gasteiger partial charge in [-0.2, -0.15) is 0 Å². The van der Waals surface area contributed by atoms with Gasteiger partial charge in [0.05, 0.1) is 7.11 Å². The second-order valence-electron chi connectivity index (χ2n) is 11.7. The summed E-state index contributed by atoms with van der Waals surface area (Å²) in [4.78, 5) is 0. The highest BCUT2D eigenvalue weighted by Crippen LogP contribution is 2.34. The topological polar surface area (TPSA) is 36.9 Å². The third kappa shape index (κ3) is 7.55. The van der Waals surface area contributed by atoms with Gasteiger partial charge in [-0.05, 0) is 90.4 Å². The number of methoxy groups -OCH3 is 1. The molecule has 0 fully saturated rings. The number of benzene rings is 4. The molecule has 0 saturated heterocycles. The maximum absolute atomic E-state index is 6.37. The van der Waals surface area contributed by atoms with E-state index >= 15 is 0 Å². The molecule has 0 N–H and O–H groups in total. The summed E-state index contributed by atoms with van der Waals surface area (Å²) in [6.45, 7) is 15.2. The van der Waals surface area contributed by atoms with Crippen LogP contribution in [0.5, 0.6) is 23.0 Å². The van der Waals surface area contributed by atoms with E-state index < -0.39 is 16.9 Å². The highest BCUT2D eigenvalue weighted by molar-refractivity contribution is 6.70. The maximum Gasteiger partial charge on any atom is 0.454 e. The Hall–Kier alpha value is -3.49. The molecule has 0 atom stereocenters. The van der Waals surface area contributed by atoms with E-state index in [-0.39, 0.29) is 5.41 Å². The Labute approximate surface area is 235 Å². The molecule has 0 amide bonds. The molecule has 0 aromatic heterocycles. The second kappa shape index (κ2) is 11.3. The van der Waals surface area contributed by atoms with Gasteiger partial charge in [0, 0.05) is 18.5 Å². The molecule has 4 rings (SSSR count). The highest BCUT2D eigenvalue weighted by Gasteiger charge is 2.30. The van der Waals surface area contributed by atoms with Crippen molar-refractivity contribution in [3.05, 3.63) is 108 Å². The molecule has 4 aromatic rings. The summed E-state index contributed by atoms with van der Waals surface area (Å²) in [5, 5.41) is 0. The Kier molecular flexibility index (Phi) is 8.28. The van der Waals surface area contributed by atoms with Crippen molar-refractivity contribution in [3.8, 4) is 34.1 Å². The third-order valence-electron chi connectivity index (χ3n) is 6.58. The molecule has 0 radical (unpaired) electrons. The normalized spacial score (nSPS) is 12.1. The van der Waals surface area contributed by atoms with Crippen molar-refractivity contribution in [2.45, 2.75) is 52.0 Å². The average molecular weight is 557 g/mol. The lowest BCUT2D eigenvalue weighted by molar-refractivity contribution is 0.399. The van der Waals surface area contributed by atoms with Crippen LogP contribution in [0.4, 0.5) is 0 Å². The van der Waals surface area contributed by atoms with Gasteiger partial charge in [0.2, 0.25) is 8.32 Å². The van der Waals surface area contributed by atoms with E-state index in [1.807, 2.05) is 36.4 Å². The van der Waals surface area contributed by atoms with Crippen molar-refractivity contribution >= 4 is 16.9 Å². The van der Waals surface area contributed by atoms with Crippen molar-refractivity contribution in [1.82, 2.24) is 0 Å². The molecule has 0 aliphatic rings. The fourth-order valence-electron chi connectivity index (χ4n) is 4.49. The zero-order valence-corrected chi connectivity index (χ0v) is 26.4. The van der Waals surface area contributed by atoms with Gasteiger partial charge in [0.15, 0.2) is 0 Å². The van der Waals surface area contributed by atoms with Crippen molar-refractivity contribution in [3.63, 3.8) is 0 Å². The van der Waals surface area contributed by atoms with Gasteiger partial charge in [-0.25, -0.2) is 0 Å². The van der Waals surface area contributed by atoms with Crippen molar-refractivity contribution in [2.75, 3.05) is 7.11 Å². The van der Waals surface area contributed by atoms with E-state index in [0.29, 0.717) is 0 Å². The van der Waals surface area contributed by atoms with Crippen molar-refractivity contribution in [2.24, 2.45) is 0 Å². The predicted octanol–water partition coefficient (Wildman–Crippen LogP) is 9.06. The van der Waals surface area contributed by atoms with Crippen LogP contribution in [0.3, 0.4) is 0 Å². The molecular formula is C33H40O4Si2. The minimum Gasteiger partial charge on any atom is -0.544 e. The standard InChI is InChI=1S/C33H40O4Si2/c1-33(2,27-13-21-30(22-14-27)35-38(4,5)6)28-15-23-32(24-16-28)37-39(7,8)36-31-19-11-26(12-20-31)25-9-17-29(34-3)18-10-25/h9-24H,1-8H3. The number of ether oxygens (including phenoxy) is 1. The van der Waals surface area contributed by atoms with E-state index in [1.54, 1.807) is 7.11 Å². The Morgan fingerprint density at radius 3 is 1.15 bits per heavy atom. The first-order chi connectivity index (χ1) is 18.3. The summed E-state index contributed by atoms with van der Waals surface area (Å²) >= 11 is 0. The summed E-state index contributed by atoms with van der Waals surface area (Å²) in [5.41, 5.74) is 4.58. The largest absolute Gasteiger partial charge is 0.544 e. The number of hydrogen-bond donors (Lipinski definition) is 0. The lowest BCUT2D eigenvalue weighted by Gasteiger charge is -2.28. The van der Waals surface area contributed by atoms with Crippen molar-refractivity contribution < 1.29 is 18.0 Å². The molecule has 4 nitrogen and oxygen atoms in total. The zero-order chi connectivity index (χ0) is 28.3. The van der Waals surface area contributed by atoms with Gasteiger partial charge in [0.1, 0.15) is 23.0 Å². The van der Waals surface area contributed by atoms with Crippen LogP contribution in [0.25, 0.3) is 11.1 Å². The van der Waals surface area contributed by atoms with Crippen molar-refractivity contribution in [1.29, 1.82) is 0 Å². The van der Waals surface area contributed by atoms with Crippen LogP contribution < -0.4 is 18.0 Å². The molecule has 0 unspecified atom stereocenters. The van der Waals surface area contributed by atoms with Gasteiger partial charge in [0.25, 0.3) is 0 Å². The first-order valence-electron chi connectivity index (χ1n) is 13.4. The molecular weight excluding hydrogens is 517 g/mol. The fourth-order valence-corrected chi connectivity index (χ4v) is 6.78. The Morgan fingerprint density at radius 1 is 0.462 bits per heavy atom. The summed E-state index contributed by atoms with van der Waals surface area (Å²) in [6, 6.07) is 33.1. The molecule has 0 bridgehead atoms. The molecule has 0 spiro atoms. The van der Waals surface area contributed by atoms with Gasteiger partial charge in [-0.1, -0.05) is 62.4 Å². The number of rotatable bonds is 10. The zero-order valence-electron chi connectivity index (χ0n) is 24.4. The van der Waals surface area contributed by atoms with E-state index in [9.17, 15) is 0 Å². The van der Waals surface area contributed by atoms with E-state index in [4.69, 9.17) is 18.0 Å². The second-order valence-corrected chi connectivity index (χ2v) is 19.4. The fraction of sp³-hybridized carbons (Fsp3) is 0.273. The van der Waals surface area contributed by atoms with Crippen LogP contribution in [-0.4, -0.2) is 24.0 Å². The van der Waals surface area contributed by atoms with Crippen LogP contribution in [0.2, 0.25) is 32.7 Å². The van der Waals surface area contributed by atoms with Crippen LogP contribution in [0.15, 0.2) is 97.1 Å². The Morgan fingerprint density at radius 2 is 0.795 bits per heavy atom. The minimum atomic E-state index is -2.47.